The average Bonchev–Trinajstić information content (AvgIpc) is 3.28. The molecule has 3 unspecified atom stereocenters. The molecule has 3 atom stereocenters. The van der Waals surface area contributed by atoms with E-state index in [4.69, 9.17) is 0 Å². The van der Waals surface area contributed by atoms with Crippen LogP contribution in [0.2, 0.25) is 0 Å². The molecule has 0 amide bonds. The summed E-state index contributed by atoms with van der Waals surface area (Å²) >= 11 is -0.750. The zero-order chi connectivity index (χ0) is 20.0. The molecule has 142 valence electrons. The molecule has 3 aromatic rings. The Balaban J connectivity index is 1.52. The Morgan fingerprint density at radius 3 is 2.34 bits per heavy atom. The second-order valence-electron chi connectivity index (χ2n) is 8.10. The van der Waals surface area contributed by atoms with E-state index in [1.807, 2.05) is 0 Å². The zero-order valence-electron chi connectivity index (χ0n) is 17.2. The second-order valence-corrected chi connectivity index (χ2v) is 13.2. The fraction of sp³-hybridized carbons (Fsp3) is 0.185. The summed E-state index contributed by atoms with van der Waals surface area (Å²) in [5.74, 6) is 0. The summed E-state index contributed by atoms with van der Waals surface area (Å²) in [6.45, 7) is 6.97. The molecule has 0 bridgehead atoms. The Hall–Kier alpha value is -1.55. The fourth-order valence-corrected chi connectivity index (χ4v) is 11.2. The van der Waals surface area contributed by atoms with E-state index in [2.05, 4.69) is 99.7 Å². The molecule has 29 heavy (non-hydrogen) atoms. The zero-order valence-corrected chi connectivity index (χ0v) is 20.6. The molecule has 0 aliphatic heterocycles. The summed E-state index contributed by atoms with van der Waals surface area (Å²) in [5, 5.41) is 3.04. The van der Waals surface area contributed by atoms with Crippen molar-refractivity contribution in [2.45, 2.75) is 28.0 Å². The minimum atomic E-state index is -0.750. The van der Waals surface area contributed by atoms with Gasteiger partial charge in [-0.1, -0.05) is 0 Å². The molecular formula is C27H25PZr. The van der Waals surface area contributed by atoms with Crippen LogP contribution >= 0.6 is 8.58 Å². The minimum absolute atomic E-state index is 0.681. The number of allylic oxidation sites excluding steroid dienone is 2. The van der Waals surface area contributed by atoms with Gasteiger partial charge in [-0.25, -0.2) is 0 Å². The maximum atomic E-state index is 2.52. The third-order valence-electron chi connectivity index (χ3n) is 6.25. The topological polar surface area (TPSA) is 0 Å². The molecule has 0 N–H and O–H groups in total. The van der Waals surface area contributed by atoms with Gasteiger partial charge < -0.3 is 0 Å². The third-order valence-corrected chi connectivity index (χ3v) is 12.5. The van der Waals surface area contributed by atoms with Crippen molar-refractivity contribution in [3.63, 3.8) is 0 Å². The molecule has 0 saturated carbocycles. The SMILES string of the molecule is CC1=C(Pc2ccccc2)c2ccccc2[CH]1[Zr][CH]1C=Cc2c(C)ccc(C)c21. The van der Waals surface area contributed by atoms with Crippen LogP contribution < -0.4 is 5.30 Å². The summed E-state index contributed by atoms with van der Waals surface area (Å²) in [6, 6.07) is 24.8. The van der Waals surface area contributed by atoms with Crippen molar-refractivity contribution in [2.75, 3.05) is 0 Å². The first kappa shape index (κ1) is 19.4. The predicted octanol–water partition coefficient (Wildman–Crippen LogP) is 6.94. The number of aryl methyl sites for hydroxylation is 2. The Morgan fingerprint density at radius 2 is 1.52 bits per heavy atom. The van der Waals surface area contributed by atoms with Gasteiger partial charge in [-0.05, 0) is 0 Å². The van der Waals surface area contributed by atoms with E-state index in [0.29, 0.717) is 7.25 Å². The van der Waals surface area contributed by atoms with Crippen molar-refractivity contribution in [1.82, 2.24) is 0 Å². The van der Waals surface area contributed by atoms with E-state index in [-0.39, 0.29) is 0 Å². The summed E-state index contributed by atoms with van der Waals surface area (Å²) in [5.41, 5.74) is 10.8. The van der Waals surface area contributed by atoms with Crippen LogP contribution in [0, 0.1) is 13.8 Å². The molecule has 0 saturated heterocycles. The average molecular weight is 472 g/mol. The fourth-order valence-electron chi connectivity index (χ4n) is 4.71. The molecule has 3 aromatic carbocycles. The molecular weight excluding hydrogens is 446 g/mol. The van der Waals surface area contributed by atoms with Crippen LogP contribution in [0.5, 0.6) is 0 Å². The Bertz CT molecular complexity index is 1140. The van der Waals surface area contributed by atoms with Gasteiger partial charge >= 0.3 is 188 Å². The molecule has 2 heteroatoms. The molecule has 0 radical (unpaired) electrons. The van der Waals surface area contributed by atoms with Crippen molar-refractivity contribution in [1.29, 1.82) is 0 Å². The Labute approximate surface area is 187 Å². The van der Waals surface area contributed by atoms with Gasteiger partial charge in [-0.2, -0.15) is 0 Å². The number of fused-ring (bicyclic) bond motifs is 2. The van der Waals surface area contributed by atoms with Gasteiger partial charge in [0, 0.05) is 0 Å². The first-order valence-corrected chi connectivity index (χ1v) is 14.1. The molecule has 0 spiro atoms. The van der Waals surface area contributed by atoms with Crippen LogP contribution in [0.4, 0.5) is 0 Å². The predicted molar refractivity (Wildman–Crippen MR) is 124 cm³/mol. The number of rotatable bonds is 4. The monoisotopic (exact) mass is 470 g/mol. The summed E-state index contributed by atoms with van der Waals surface area (Å²) in [7, 11) is 0.753. The van der Waals surface area contributed by atoms with Crippen molar-refractivity contribution in [2.24, 2.45) is 0 Å². The van der Waals surface area contributed by atoms with Crippen LogP contribution in [-0.4, -0.2) is 0 Å². The first-order chi connectivity index (χ1) is 14.1. The molecule has 0 heterocycles. The van der Waals surface area contributed by atoms with Gasteiger partial charge in [0.05, 0.1) is 0 Å². The van der Waals surface area contributed by atoms with E-state index in [0.717, 1.165) is 8.58 Å². The molecule has 0 nitrogen and oxygen atoms in total. The van der Waals surface area contributed by atoms with Gasteiger partial charge in [0.25, 0.3) is 0 Å². The molecule has 2 aliphatic carbocycles. The third kappa shape index (κ3) is 3.48. The van der Waals surface area contributed by atoms with E-state index >= 15 is 0 Å². The van der Waals surface area contributed by atoms with E-state index in [1.54, 1.807) is 22.0 Å². The Morgan fingerprint density at radius 1 is 0.793 bits per heavy atom. The molecule has 2 aliphatic rings. The quantitative estimate of drug-likeness (QED) is 0.361. The maximum absolute atomic E-state index is 2.52. The van der Waals surface area contributed by atoms with Crippen LogP contribution in [-0.2, 0) is 23.2 Å². The van der Waals surface area contributed by atoms with Crippen LogP contribution in [0.1, 0.15) is 47.6 Å². The molecule has 5 rings (SSSR count). The summed E-state index contributed by atoms with van der Waals surface area (Å²) < 4.78 is 1.36. The van der Waals surface area contributed by atoms with E-state index < -0.39 is 23.2 Å². The summed E-state index contributed by atoms with van der Waals surface area (Å²) in [6.07, 6.45) is 4.92. The number of hydrogen-bond donors (Lipinski definition) is 0. The van der Waals surface area contributed by atoms with Crippen LogP contribution in [0.15, 0.2) is 78.4 Å². The van der Waals surface area contributed by atoms with Gasteiger partial charge in [0.1, 0.15) is 0 Å². The number of benzene rings is 3. The van der Waals surface area contributed by atoms with Gasteiger partial charge in [0.15, 0.2) is 0 Å². The van der Waals surface area contributed by atoms with Crippen molar-refractivity contribution in [3.05, 3.63) is 112 Å². The van der Waals surface area contributed by atoms with E-state index in [1.165, 1.54) is 27.6 Å². The van der Waals surface area contributed by atoms with Crippen molar-refractivity contribution in [3.8, 4) is 0 Å². The van der Waals surface area contributed by atoms with Gasteiger partial charge in [-0.15, -0.1) is 0 Å². The van der Waals surface area contributed by atoms with Gasteiger partial charge in [0.2, 0.25) is 0 Å². The second kappa shape index (κ2) is 7.94. The molecule has 0 aromatic heterocycles. The van der Waals surface area contributed by atoms with Crippen LogP contribution in [0.3, 0.4) is 0 Å². The Kier molecular flexibility index (Phi) is 5.32. The number of hydrogen-bond acceptors (Lipinski definition) is 0. The first-order valence-electron chi connectivity index (χ1n) is 10.3. The van der Waals surface area contributed by atoms with Crippen LogP contribution in [0.25, 0.3) is 11.4 Å². The van der Waals surface area contributed by atoms with Crippen molar-refractivity contribution >= 4 is 25.3 Å². The van der Waals surface area contributed by atoms with Gasteiger partial charge in [-0.3, -0.25) is 0 Å². The standard InChI is InChI=1S/C16H14P.C11H11.Zr/c1-12-11-13-7-5-6-10-15(13)16(12)17-14-8-3-2-4-9-14;1-8-6-7-9(2)11-5-3-4-10(8)11;/h2-11,17H,1H3;3-7H,1-2H3;. The molecule has 0 fully saturated rings. The summed E-state index contributed by atoms with van der Waals surface area (Å²) in [4.78, 5) is 0. The van der Waals surface area contributed by atoms with Crippen molar-refractivity contribution < 1.29 is 23.2 Å². The van der Waals surface area contributed by atoms with E-state index in [9.17, 15) is 0 Å². The normalized spacial score (nSPS) is 19.8.